The predicted molar refractivity (Wildman–Crippen MR) is 79.1 cm³/mol. The van der Waals surface area contributed by atoms with Crippen LogP contribution >= 0.6 is 0 Å². The maximum Gasteiger partial charge on any atom is 0.250 e. The Bertz CT molecular complexity index is 416. The average molecular weight is 276 g/mol. The molecule has 0 aromatic heterocycles. The van der Waals surface area contributed by atoms with Crippen LogP contribution in [-0.2, 0) is 11.2 Å². The van der Waals surface area contributed by atoms with Crippen LogP contribution in [0.1, 0.15) is 37.7 Å². The summed E-state index contributed by atoms with van der Waals surface area (Å²) in [6.45, 7) is 0. The van der Waals surface area contributed by atoms with Crippen molar-refractivity contribution in [1.29, 1.82) is 0 Å². The van der Waals surface area contributed by atoms with E-state index in [0.29, 0.717) is 6.42 Å². The third kappa shape index (κ3) is 4.32. The number of hydrogen-bond donors (Lipinski definition) is 3. The van der Waals surface area contributed by atoms with Gasteiger partial charge in [-0.3, -0.25) is 4.79 Å². The lowest BCUT2D eigenvalue weighted by Gasteiger charge is -2.25. The minimum atomic E-state index is -1.14. The molecule has 0 radical (unpaired) electrons. The Morgan fingerprint density at radius 2 is 1.90 bits per heavy atom. The number of carbonyl (C=O) groups is 1. The quantitative estimate of drug-likeness (QED) is 0.760. The topological polar surface area (TPSA) is 75.3 Å². The van der Waals surface area contributed by atoms with Gasteiger partial charge in [0.25, 0.3) is 5.91 Å². The summed E-state index contributed by atoms with van der Waals surface area (Å²) < 4.78 is 0. The SMILES string of the molecule is NC(Cc1ccccc1)C(O)C(=O)NC1CCCCC1. The van der Waals surface area contributed by atoms with Crippen LogP contribution in [0.3, 0.4) is 0 Å². The number of benzene rings is 1. The van der Waals surface area contributed by atoms with Crippen molar-refractivity contribution in [2.75, 3.05) is 0 Å². The number of rotatable bonds is 5. The molecule has 2 unspecified atom stereocenters. The van der Waals surface area contributed by atoms with E-state index in [1.54, 1.807) is 0 Å². The third-order valence-corrected chi connectivity index (χ3v) is 3.94. The van der Waals surface area contributed by atoms with Gasteiger partial charge in [-0.05, 0) is 24.8 Å². The van der Waals surface area contributed by atoms with Crippen LogP contribution in [0.2, 0.25) is 0 Å². The van der Waals surface area contributed by atoms with Crippen LogP contribution < -0.4 is 11.1 Å². The molecule has 1 amide bonds. The van der Waals surface area contributed by atoms with E-state index in [0.717, 1.165) is 31.2 Å². The van der Waals surface area contributed by atoms with E-state index in [4.69, 9.17) is 5.73 Å². The number of amides is 1. The average Bonchev–Trinajstić information content (AvgIpc) is 2.48. The standard InChI is InChI=1S/C16H24N2O2/c17-14(11-12-7-3-1-4-8-12)15(19)16(20)18-13-9-5-2-6-10-13/h1,3-4,7-8,13-15,19H,2,5-6,9-11,17H2,(H,18,20). The summed E-state index contributed by atoms with van der Waals surface area (Å²) >= 11 is 0. The van der Waals surface area contributed by atoms with E-state index >= 15 is 0 Å². The Labute approximate surface area is 120 Å². The molecule has 20 heavy (non-hydrogen) atoms. The van der Waals surface area contributed by atoms with Crippen LogP contribution in [0.25, 0.3) is 0 Å². The predicted octanol–water partition coefficient (Wildman–Crippen LogP) is 1.37. The maximum atomic E-state index is 12.0. The van der Waals surface area contributed by atoms with Gasteiger partial charge in [0.1, 0.15) is 6.10 Å². The zero-order valence-electron chi connectivity index (χ0n) is 11.8. The molecule has 0 spiro atoms. The van der Waals surface area contributed by atoms with Crippen molar-refractivity contribution in [1.82, 2.24) is 5.32 Å². The van der Waals surface area contributed by atoms with Gasteiger partial charge in [-0.2, -0.15) is 0 Å². The highest BCUT2D eigenvalue weighted by Gasteiger charge is 2.25. The normalized spacial score (nSPS) is 19.3. The van der Waals surface area contributed by atoms with Gasteiger partial charge >= 0.3 is 0 Å². The summed E-state index contributed by atoms with van der Waals surface area (Å²) in [6, 6.07) is 9.32. The van der Waals surface area contributed by atoms with Crippen molar-refractivity contribution < 1.29 is 9.90 Å². The molecular weight excluding hydrogens is 252 g/mol. The highest BCUT2D eigenvalue weighted by Crippen LogP contribution is 2.17. The molecule has 4 heteroatoms. The molecule has 0 aliphatic heterocycles. The summed E-state index contributed by atoms with van der Waals surface area (Å²) in [5.41, 5.74) is 6.98. The molecule has 4 nitrogen and oxygen atoms in total. The molecule has 110 valence electrons. The monoisotopic (exact) mass is 276 g/mol. The lowest BCUT2D eigenvalue weighted by Crippen LogP contribution is -2.50. The van der Waals surface area contributed by atoms with E-state index in [1.807, 2.05) is 30.3 Å². The van der Waals surface area contributed by atoms with Crippen LogP contribution in [0, 0.1) is 0 Å². The van der Waals surface area contributed by atoms with Crippen LogP contribution in [0.15, 0.2) is 30.3 Å². The first-order chi connectivity index (χ1) is 9.66. The first-order valence-electron chi connectivity index (χ1n) is 7.45. The Kier molecular flexibility index (Phi) is 5.56. The van der Waals surface area contributed by atoms with Crippen LogP contribution in [-0.4, -0.2) is 29.2 Å². The highest BCUT2D eigenvalue weighted by molar-refractivity contribution is 5.81. The molecule has 0 saturated heterocycles. The lowest BCUT2D eigenvalue weighted by atomic mass is 9.95. The number of nitrogens with two attached hydrogens (primary N) is 1. The number of nitrogens with one attached hydrogen (secondary N) is 1. The number of carbonyl (C=O) groups excluding carboxylic acids is 1. The second-order valence-electron chi connectivity index (χ2n) is 5.64. The van der Waals surface area contributed by atoms with E-state index in [9.17, 15) is 9.90 Å². The fraction of sp³-hybridized carbons (Fsp3) is 0.562. The minimum Gasteiger partial charge on any atom is -0.382 e. The molecule has 1 fully saturated rings. The van der Waals surface area contributed by atoms with Crippen molar-refractivity contribution >= 4 is 5.91 Å². The summed E-state index contributed by atoms with van der Waals surface area (Å²) in [6.07, 6.45) is 4.91. The molecule has 1 aromatic carbocycles. The Balaban J connectivity index is 1.82. The summed E-state index contributed by atoms with van der Waals surface area (Å²) in [4.78, 5) is 12.0. The molecule has 0 heterocycles. The highest BCUT2D eigenvalue weighted by atomic mass is 16.3. The van der Waals surface area contributed by atoms with Crippen molar-refractivity contribution in [2.45, 2.75) is 56.7 Å². The van der Waals surface area contributed by atoms with Crippen molar-refractivity contribution in [2.24, 2.45) is 5.73 Å². The molecular formula is C16H24N2O2. The van der Waals surface area contributed by atoms with Crippen molar-refractivity contribution in [3.05, 3.63) is 35.9 Å². The van der Waals surface area contributed by atoms with E-state index in [-0.39, 0.29) is 11.9 Å². The Hall–Kier alpha value is -1.39. The first kappa shape index (κ1) is 15.0. The van der Waals surface area contributed by atoms with E-state index < -0.39 is 12.1 Å². The largest absolute Gasteiger partial charge is 0.382 e. The van der Waals surface area contributed by atoms with Crippen molar-refractivity contribution in [3.8, 4) is 0 Å². The van der Waals surface area contributed by atoms with Gasteiger partial charge in [-0.15, -0.1) is 0 Å². The fourth-order valence-corrected chi connectivity index (χ4v) is 2.73. The van der Waals surface area contributed by atoms with E-state index in [2.05, 4.69) is 5.32 Å². The maximum absolute atomic E-state index is 12.0. The summed E-state index contributed by atoms with van der Waals surface area (Å²) in [5.74, 6) is -0.333. The van der Waals surface area contributed by atoms with Crippen LogP contribution in [0.4, 0.5) is 0 Å². The van der Waals surface area contributed by atoms with Gasteiger partial charge in [0, 0.05) is 12.1 Å². The molecule has 1 aliphatic rings. The minimum absolute atomic E-state index is 0.204. The number of aliphatic hydroxyl groups is 1. The molecule has 4 N–H and O–H groups in total. The number of aliphatic hydroxyl groups excluding tert-OH is 1. The summed E-state index contributed by atoms with van der Waals surface area (Å²) in [7, 11) is 0. The third-order valence-electron chi connectivity index (χ3n) is 3.94. The van der Waals surface area contributed by atoms with Crippen molar-refractivity contribution in [3.63, 3.8) is 0 Å². The molecule has 1 aliphatic carbocycles. The lowest BCUT2D eigenvalue weighted by molar-refractivity contribution is -0.131. The first-order valence-corrected chi connectivity index (χ1v) is 7.45. The zero-order chi connectivity index (χ0) is 14.4. The Morgan fingerprint density at radius 3 is 2.55 bits per heavy atom. The number of hydrogen-bond acceptors (Lipinski definition) is 3. The Morgan fingerprint density at radius 1 is 1.25 bits per heavy atom. The molecule has 1 saturated carbocycles. The van der Waals surface area contributed by atoms with Crippen LogP contribution in [0.5, 0.6) is 0 Å². The smallest absolute Gasteiger partial charge is 0.250 e. The molecule has 0 bridgehead atoms. The van der Waals surface area contributed by atoms with E-state index in [1.165, 1.54) is 6.42 Å². The van der Waals surface area contributed by atoms with Gasteiger partial charge < -0.3 is 16.2 Å². The van der Waals surface area contributed by atoms with Gasteiger partial charge in [0.05, 0.1) is 0 Å². The van der Waals surface area contributed by atoms with Gasteiger partial charge in [-0.1, -0.05) is 49.6 Å². The van der Waals surface area contributed by atoms with Gasteiger partial charge in [-0.25, -0.2) is 0 Å². The van der Waals surface area contributed by atoms with Gasteiger partial charge in [0.15, 0.2) is 0 Å². The summed E-state index contributed by atoms with van der Waals surface area (Å²) in [5, 5.41) is 13.0. The molecule has 2 rings (SSSR count). The molecule has 1 aromatic rings. The fourth-order valence-electron chi connectivity index (χ4n) is 2.73. The zero-order valence-corrected chi connectivity index (χ0v) is 11.8. The van der Waals surface area contributed by atoms with Gasteiger partial charge in [0.2, 0.25) is 0 Å². The second kappa shape index (κ2) is 7.41. The second-order valence-corrected chi connectivity index (χ2v) is 5.64. The molecule has 2 atom stereocenters.